The molecule has 2 saturated heterocycles. The summed E-state index contributed by atoms with van der Waals surface area (Å²) in [5, 5.41) is 6.65. The first-order valence-corrected chi connectivity index (χ1v) is 8.37. The Morgan fingerprint density at radius 2 is 1.96 bits per heavy atom. The Balaban J connectivity index is 0.00000192. The van der Waals surface area contributed by atoms with Crippen molar-refractivity contribution in [3.8, 4) is 0 Å². The van der Waals surface area contributed by atoms with Gasteiger partial charge in [0.2, 0.25) is 5.91 Å². The smallest absolute Gasteiger partial charge is 0.231 e. The van der Waals surface area contributed by atoms with Crippen molar-refractivity contribution in [2.45, 2.75) is 44.1 Å². The topological polar surface area (TPSA) is 50.4 Å². The van der Waals surface area contributed by atoms with Crippen LogP contribution < -0.4 is 10.6 Å². The molecule has 4 nitrogen and oxygen atoms in total. The van der Waals surface area contributed by atoms with E-state index in [1.54, 1.807) is 0 Å². The summed E-state index contributed by atoms with van der Waals surface area (Å²) in [7, 11) is 0. The van der Waals surface area contributed by atoms with Gasteiger partial charge in [0.05, 0.1) is 5.41 Å². The van der Waals surface area contributed by atoms with Crippen LogP contribution in [0.1, 0.15) is 36.8 Å². The molecule has 2 aliphatic heterocycles. The monoisotopic (exact) mass is 338 g/mol. The number of hydrogen-bond acceptors (Lipinski definition) is 3. The highest BCUT2D eigenvalue weighted by atomic mass is 35.5. The van der Waals surface area contributed by atoms with Crippen LogP contribution >= 0.6 is 12.4 Å². The Morgan fingerprint density at radius 1 is 1.26 bits per heavy atom. The van der Waals surface area contributed by atoms with Gasteiger partial charge in [-0.1, -0.05) is 29.8 Å². The lowest BCUT2D eigenvalue weighted by Crippen LogP contribution is -2.54. The molecule has 128 valence electrons. The molecule has 1 amide bonds. The minimum absolute atomic E-state index is 0. The van der Waals surface area contributed by atoms with E-state index in [4.69, 9.17) is 4.74 Å². The second kappa shape index (κ2) is 8.13. The van der Waals surface area contributed by atoms with Crippen molar-refractivity contribution in [2.75, 3.05) is 26.3 Å². The molecule has 5 heteroatoms. The van der Waals surface area contributed by atoms with Gasteiger partial charge in [0.25, 0.3) is 0 Å². The van der Waals surface area contributed by atoms with Crippen LogP contribution in [0.5, 0.6) is 0 Å². The maximum atomic E-state index is 13.1. The molecular formula is C18H27ClN2O2. The third-order valence-corrected chi connectivity index (χ3v) is 5.02. The SMILES string of the molecule is Cc1ccc(C2(C(=O)N[C@H]3CCCNC3)CCOCC2)cc1.Cl. The predicted molar refractivity (Wildman–Crippen MR) is 94.2 cm³/mol. The largest absolute Gasteiger partial charge is 0.381 e. The number of piperidine rings is 1. The molecule has 2 aliphatic rings. The van der Waals surface area contributed by atoms with E-state index in [-0.39, 0.29) is 24.4 Å². The molecular weight excluding hydrogens is 312 g/mol. The number of aryl methyl sites for hydroxylation is 1. The standard InChI is InChI=1S/C18H26N2O2.ClH/c1-14-4-6-15(7-5-14)18(8-11-22-12-9-18)17(21)20-16-3-2-10-19-13-16;/h4-7,16,19H,2-3,8-13H2,1H3,(H,20,21);1H/t16-;/m0./s1. The molecule has 0 radical (unpaired) electrons. The van der Waals surface area contributed by atoms with Crippen LogP contribution in [0.3, 0.4) is 0 Å². The summed E-state index contributed by atoms with van der Waals surface area (Å²) >= 11 is 0. The molecule has 0 saturated carbocycles. The van der Waals surface area contributed by atoms with Crippen molar-refractivity contribution in [1.29, 1.82) is 0 Å². The van der Waals surface area contributed by atoms with Gasteiger partial charge in [-0.05, 0) is 44.7 Å². The summed E-state index contributed by atoms with van der Waals surface area (Å²) in [5.41, 5.74) is 1.93. The summed E-state index contributed by atoms with van der Waals surface area (Å²) in [5.74, 6) is 0.174. The Kier molecular flexibility index (Phi) is 6.45. The Hall–Kier alpha value is -1.10. The number of amides is 1. The molecule has 2 heterocycles. The van der Waals surface area contributed by atoms with Gasteiger partial charge in [-0.25, -0.2) is 0 Å². The number of hydrogen-bond donors (Lipinski definition) is 2. The van der Waals surface area contributed by atoms with Gasteiger partial charge in [-0.2, -0.15) is 0 Å². The first kappa shape index (κ1) is 18.2. The lowest BCUT2D eigenvalue weighted by atomic mass is 9.73. The fourth-order valence-corrected chi connectivity index (χ4v) is 3.54. The number of carbonyl (C=O) groups is 1. The summed E-state index contributed by atoms with van der Waals surface area (Å²) in [6.07, 6.45) is 3.73. The zero-order chi connectivity index (χ0) is 15.4. The quantitative estimate of drug-likeness (QED) is 0.889. The predicted octanol–water partition coefficient (Wildman–Crippen LogP) is 2.33. The number of nitrogens with one attached hydrogen (secondary N) is 2. The highest BCUT2D eigenvalue weighted by Crippen LogP contribution is 2.35. The third-order valence-electron chi connectivity index (χ3n) is 5.02. The molecule has 3 rings (SSSR count). The Bertz CT molecular complexity index is 506. The molecule has 2 N–H and O–H groups in total. The molecule has 1 aromatic rings. The lowest BCUT2D eigenvalue weighted by Gasteiger charge is -2.38. The molecule has 2 fully saturated rings. The van der Waals surface area contributed by atoms with Crippen LogP contribution in [0.15, 0.2) is 24.3 Å². The fraction of sp³-hybridized carbons (Fsp3) is 0.611. The van der Waals surface area contributed by atoms with E-state index in [1.165, 1.54) is 5.56 Å². The van der Waals surface area contributed by atoms with Gasteiger partial charge >= 0.3 is 0 Å². The third kappa shape index (κ3) is 4.06. The van der Waals surface area contributed by atoms with Crippen LogP contribution in [0.25, 0.3) is 0 Å². The van der Waals surface area contributed by atoms with Crippen molar-refractivity contribution in [3.63, 3.8) is 0 Å². The minimum Gasteiger partial charge on any atom is -0.381 e. The van der Waals surface area contributed by atoms with E-state index in [2.05, 4.69) is 41.8 Å². The van der Waals surface area contributed by atoms with Crippen molar-refractivity contribution >= 4 is 18.3 Å². The Labute approximate surface area is 144 Å². The number of halogens is 1. The van der Waals surface area contributed by atoms with Crippen molar-refractivity contribution in [2.24, 2.45) is 0 Å². The van der Waals surface area contributed by atoms with Gasteiger partial charge in [-0.3, -0.25) is 4.79 Å². The molecule has 0 aromatic heterocycles. The lowest BCUT2D eigenvalue weighted by molar-refractivity contribution is -0.131. The summed E-state index contributed by atoms with van der Waals surface area (Å²) in [6.45, 7) is 5.33. The number of ether oxygens (including phenoxy) is 1. The van der Waals surface area contributed by atoms with Gasteiger partial charge in [-0.15, -0.1) is 12.4 Å². The average molecular weight is 339 g/mol. The molecule has 0 unspecified atom stereocenters. The van der Waals surface area contributed by atoms with E-state index in [0.717, 1.165) is 44.3 Å². The maximum Gasteiger partial charge on any atom is 0.231 e. The van der Waals surface area contributed by atoms with E-state index >= 15 is 0 Å². The van der Waals surface area contributed by atoms with Gasteiger partial charge in [0, 0.05) is 25.8 Å². The van der Waals surface area contributed by atoms with Crippen LogP contribution in [0, 0.1) is 6.92 Å². The number of rotatable bonds is 3. The van der Waals surface area contributed by atoms with Crippen LogP contribution in [-0.4, -0.2) is 38.3 Å². The van der Waals surface area contributed by atoms with Gasteiger partial charge in [0.1, 0.15) is 0 Å². The molecule has 1 aromatic carbocycles. The van der Waals surface area contributed by atoms with Gasteiger partial charge < -0.3 is 15.4 Å². The first-order valence-electron chi connectivity index (χ1n) is 8.37. The van der Waals surface area contributed by atoms with Crippen LogP contribution in [0.4, 0.5) is 0 Å². The van der Waals surface area contributed by atoms with Crippen molar-refractivity contribution in [1.82, 2.24) is 10.6 Å². The summed E-state index contributed by atoms with van der Waals surface area (Å²) < 4.78 is 5.52. The maximum absolute atomic E-state index is 13.1. The normalized spacial score (nSPS) is 23.6. The molecule has 0 spiro atoms. The molecule has 1 atom stereocenters. The second-order valence-electron chi connectivity index (χ2n) is 6.58. The van der Waals surface area contributed by atoms with Crippen molar-refractivity contribution in [3.05, 3.63) is 35.4 Å². The zero-order valence-corrected chi connectivity index (χ0v) is 14.6. The van der Waals surface area contributed by atoms with E-state index in [9.17, 15) is 4.79 Å². The second-order valence-corrected chi connectivity index (χ2v) is 6.58. The fourth-order valence-electron chi connectivity index (χ4n) is 3.54. The molecule has 0 bridgehead atoms. The van der Waals surface area contributed by atoms with Gasteiger partial charge in [0.15, 0.2) is 0 Å². The summed E-state index contributed by atoms with van der Waals surface area (Å²) in [4.78, 5) is 13.1. The average Bonchev–Trinajstić information content (AvgIpc) is 2.57. The Morgan fingerprint density at radius 3 is 2.57 bits per heavy atom. The highest BCUT2D eigenvalue weighted by Gasteiger charge is 2.42. The summed E-state index contributed by atoms with van der Waals surface area (Å²) in [6, 6.07) is 8.68. The van der Waals surface area contributed by atoms with Crippen molar-refractivity contribution < 1.29 is 9.53 Å². The van der Waals surface area contributed by atoms with E-state index < -0.39 is 5.41 Å². The van der Waals surface area contributed by atoms with Crippen LogP contribution in [0.2, 0.25) is 0 Å². The highest BCUT2D eigenvalue weighted by molar-refractivity contribution is 5.88. The van der Waals surface area contributed by atoms with Crippen LogP contribution in [-0.2, 0) is 14.9 Å². The molecule has 0 aliphatic carbocycles. The minimum atomic E-state index is -0.427. The van der Waals surface area contributed by atoms with E-state index in [1.807, 2.05) is 0 Å². The number of benzene rings is 1. The number of carbonyl (C=O) groups excluding carboxylic acids is 1. The van der Waals surface area contributed by atoms with E-state index in [0.29, 0.717) is 13.2 Å². The zero-order valence-electron chi connectivity index (χ0n) is 13.8. The first-order chi connectivity index (χ1) is 10.7. The molecule has 23 heavy (non-hydrogen) atoms.